The minimum Gasteiger partial charge on any atom is -0.341 e. The fourth-order valence-corrected chi connectivity index (χ4v) is 4.25. The van der Waals surface area contributed by atoms with E-state index in [1.807, 2.05) is 48.9 Å². The number of rotatable bonds is 4. The van der Waals surface area contributed by atoms with E-state index in [9.17, 15) is 9.59 Å². The summed E-state index contributed by atoms with van der Waals surface area (Å²) in [5.41, 5.74) is 1.41. The lowest BCUT2D eigenvalue weighted by molar-refractivity contribution is -0.147. The summed E-state index contributed by atoms with van der Waals surface area (Å²) in [4.78, 5) is 33.7. The van der Waals surface area contributed by atoms with Crippen molar-refractivity contribution in [3.05, 3.63) is 42.2 Å². The Kier molecular flexibility index (Phi) is 5.41. The van der Waals surface area contributed by atoms with Gasteiger partial charge in [0.1, 0.15) is 0 Å². The molecule has 2 fully saturated rings. The van der Waals surface area contributed by atoms with Crippen molar-refractivity contribution in [3.8, 4) is 0 Å². The van der Waals surface area contributed by atoms with Crippen LogP contribution < -0.4 is 0 Å². The Morgan fingerprint density at radius 3 is 2.78 bits per heavy atom. The molecule has 0 aliphatic carbocycles. The molecule has 2 aliphatic rings. The number of piperidine rings is 2. The van der Waals surface area contributed by atoms with Gasteiger partial charge in [0.2, 0.25) is 11.8 Å². The number of aromatic nitrogens is 1. The standard InChI is InChI=1S/C22H31N3O2/c1-17(2)21(3,4)20(27)24-12-6-9-22(15-24)10-8-19(26)25(16-22)14-18-7-5-11-23-13-18/h5,7,11,13H,1,6,8-10,12,14-16H2,2-4H3/t22-/m0/s1. The van der Waals surface area contributed by atoms with E-state index in [0.717, 1.165) is 50.0 Å². The predicted molar refractivity (Wildman–Crippen MR) is 106 cm³/mol. The molecule has 3 rings (SSSR count). The third-order valence-corrected chi connectivity index (χ3v) is 6.39. The number of hydrogen-bond donors (Lipinski definition) is 0. The van der Waals surface area contributed by atoms with Gasteiger partial charge in [0.15, 0.2) is 0 Å². The minimum atomic E-state index is -0.543. The lowest BCUT2D eigenvalue weighted by atomic mass is 9.72. The molecular weight excluding hydrogens is 338 g/mol. The predicted octanol–water partition coefficient (Wildman–Crippen LogP) is 3.42. The number of pyridine rings is 1. The first-order valence-corrected chi connectivity index (χ1v) is 9.86. The molecule has 0 saturated carbocycles. The van der Waals surface area contributed by atoms with Crippen LogP contribution in [0.5, 0.6) is 0 Å². The molecule has 5 nitrogen and oxygen atoms in total. The van der Waals surface area contributed by atoms with Gasteiger partial charge in [-0.1, -0.05) is 18.2 Å². The smallest absolute Gasteiger partial charge is 0.232 e. The van der Waals surface area contributed by atoms with Gasteiger partial charge in [0, 0.05) is 50.4 Å². The molecule has 146 valence electrons. The van der Waals surface area contributed by atoms with E-state index in [1.165, 1.54) is 0 Å². The molecule has 1 aromatic rings. The van der Waals surface area contributed by atoms with Gasteiger partial charge in [-0.3, -0.25) is 14.6 Å². The molecule has 0 bridgehead atoms. The molecule has 3 heterocycles. The van der Waals surface area contributed by atoms with Crippen LogP contribution in [0.4, 0.5) is 0 Å². The topological polar surface area (TPSA) is 53.5 Å². The minimum absolute atomic E-state index is 0.00911. The highest BCUT2D eigenvalue weighted by molar-refractivity contribution is 5.85. The highest BCUT2D eigenvalue weighted by atomic mass is 16.2. The van der Waals surface area contributed by atoms with Crippen molar-refractivity contribution >= 4 is 11.8 Å². The second-order valence-corrected chi connectivity index (χ2v) is 8.85. The number of carbonyl (C=O) groups excluding carboxylic acids is 2. The highest BCUT2D eigenvalue weighted by Gasteiger charge is 2.44. The highest BCUT2D eigenvalue weighted by Crippen LogP contribution is 2.41. The van der Waals surface area contributed by atoms with Crippen molar-refractivity contribution in [2.75, 3.05) is 19.6 Å². The van der Waals surface area contributed by atoms with E-state index in [0.29, 0.717) is 13.0 Å². The van der Waals surface area contributed by atoms with Crippen molar-refractivity contribution < 1.29 is 9.59 Å². The van der Waals surface area contributed by atoms with Crippen molar-refractivity contribution in [3.63, 3.8) is 0 Å². The van der Waals surface area contributed by atoms with Crippen LogP contribution in [0.25, 0.3) is 0 Å². The summed E-state index contributed by atoms with van der Waals surface area (Å²) in [5, 5.41) is 0. The Hall–Kier alpha value is -2.17. The molecule has 5 heteroatoms. The summed E-state index contributed by atoms with van der Waals surface area (Å²) in [6.07, 6.45) is 7.06. The Morgan fingerprint density at radius 2 is 2.11 bits per heavy atom. The van der Waals surface area contributed by atoms with Gasteiger partial charge < -0.3 is 9.80 Å². The van der Waals surface area contributed by atoms with Gasteiger partial charge in [-0.05, 0) is 51.7 Å². The fraction of sp³-hybridized carbons (Fsp3) is 0.591. The third kappa shape index (κ3) is 4.07. The zero-order valence-electron chi connectivity index (χ0n) is 16.8. The third-order valence-electron chi connectivity index (χ3n) is 6.39. The second-order valence-electron chi connectivity index (χ2n) is 8.85. The first-order chi connectivity index (χ1) is 12.7. The van der Waals surface area contributed by atoms with Gasteiger partial charge >= 0.3 is 0 Å². The Bertz CT molecular complexity index is 728. The van der Waals surface area contributed by atoms with Crippen molar-refractivity contribution in [1.82, 2.24) is 14.8 Å². The molecule has 1 spiro atoms. The number of carbonyl (C=O) groups is 2. The molecule has 0 unspecified atom stereocenters. The van der Waals surface area contributed by atoms with Crippen LogP contribution in [0.3, 0.4) is 0 Å². The summed E-state index contributed by atoms with van der Waals surface area (Å²) in [6.45, 7) is 12.7. The number of likely N-dealkylation sites (tertiary alicyclic amines) is 2. The van der Waals surface area contributed by atoms with Crippen molar-refractivity contribution in [1.29, 1.82) is 0 Å². The first-order valence-electron chi connectivity index (χ1n) is 9.86. The van der Waals surface area contributed by atoms with Gasteiger partial charge in [-0.2, -0.15) is 0 Å². The van der Waals surface area contributed by atoms with E-state index in [-0.39, 0.29) is 17.2 Å². The summed E-state index contributed by atoms with van der Waals surface area (Å²) in [6, 6.07) is 3.91. The lowest BCUT2D eigenvalue weighted by Gasteiger charge is -2.49. The fourth-order valence-electron chi connectivity index (χ4n) is 4.25. The average Bonchev–Trinajstić information content (AvgIpc) is 2.65. The maximum absolute atomic E-state index is 13.1. The zero-order chi connectivity index (χ0) is 19.7. The Labute approximate surface area is 162 Å². The molecule has 2 amide bonds. The second kappa shape index (κ2) is 7.45. The normalized spacial score (nSPS) is 23.6. The SMILES string of the molecule is C=C(C)C(C)(C)C(=O)N1CCC[C@]2(CCC(=O)N(Cc3cccnc3)C2)C1. The summed E-state index contributed by atoms with van der Waals surface area (Å²) in [5.74, 6) is 0.361. The molecule has 27 heavy (non-hydrogen) atoms. The van der Waals surface area contributed by atoms with Gasteiger partial charge in [-0.25, -0.2) is 0 Å². The van der Waals surface area contributed by atoms with Crippen LogP contribution in [-0.2, 0) is 16.1 Å². The summed E-state index contributed by atoms with van der Waals surface area (Å²) < 4.78 is 0. The number of hydrogen-bond acceptors (Lipinski definition) is 3. The molecule has 2 saturated heterocycles. The van der Waals surface area contributed by atoms with E-state index >= 15 is 0 Å². The Balaban J connectivity index is 1.74. The van der Waals surface area contributed by atoms with E-state index < -0.39 is 5.41 Å². The molecular formula is C22H31N3O2. The van der Waals surface area contributed by atoms with E-state index in [2.05, 4.69) is 11.6 Å². The number of nitrogens with zero attached hydrogens (tertiary/aromatic N) is 3. The van der Waals surface area contributed by atoms with Crippen LogP contribution >= 0.6 is 0 Å². The zero-order valence-corrected chi connectivity index (χ0v) is 16.8. The largest absolute Gasteiger partial charge is 0.341 e. The van der Waals surface area contributed by atoms with E-state index in [1.54, 1.807) is 6.20 Å². The van der Waals surface area contributed by atoms with Crippen LogP contribution in [-0.4, -0.2) is 46.2 Å². The van der Waals surface area contributed by atoms with Gasteiger partial charge in [0.25, 0.3) is 0 Å². The monoisotopic (exact) mass is 369 g/mol. The number of amides is 2. The molecule has 0 aromatic carbocycles. The van der Waals surface area contributed by atoms with E-state index in [4.69, 9.17) is 0 Å². The van der Waals surface area contributed by atoms with Crippen LogP contribution in [0, 0.1) is 10.8 Å². The summed E-state index contributed by atoms with van der Waals surface area (Å²) >= 11 is 0. The first kappa shape index (κ1) is 19.6. The summed E-state index contributed by atoms with van der Waals surface area (Å²) in [7, 11) is 0. The molecule has 0 N–H and O–H groups in total. The maximum atomic E-state index is 13.1. The van der Waals surface area contributed by atoms with Crippen LogP contribution in [0.15, 0.2) is 36.7 Å². The molecule has 1 aromatic heterocycles. The average molecular weight is 370 g/mol. The lowest BCUT2D eigenvalue weighted by Crippen LogP contribution is -2.56. The van der Waals surface area contributed by atoms with Crippen molar-refractivity contribution in [2.24, 2.45) is 10.8 Å². The Morgan fingerprint density at radius 1 is 1.33 bits per heavy atom. The van der Waals surface area contributed by atoms with Crippen molar-refractivity contribution in [2.45, 2.75) is 53.0 Å². The van der Waals surface area contributed by atoms with Gasteiger partial charge in [0.05, 0.1) is 5.41 Å². The quantitative estimate of drug-likeness (QED) is 0.764. The van der Waals surface area contributed by atoms with Crippen LogP contribution in [0.2, 0.25) is 0 Å². The molecule has 2 aliphatic heterocycles. The maximum Gasteiger partial charge on any atom is 0.232 e. The van der Waals surface area contributed by atoms with Crippen LogP contribution in [0.1, 0.15) is 52.0 Å². The molecule has 1 atom stereocenters. The van der Waals surface area contributed by atoms with Gasteiger partial charge in [-0.15, -0.1) is 0 Å². The molecule has 0 radical (unpaired) electrons.